The first kappa shape index (κ1) is 25.6. The molecule has 1 aromatic carbocycles. The van der Waals surface area contributed by atoms with E-state index in [1.54, 1.807) is 69.6 Å². The van der Waals surface area contributed by atoms with Crippen molar-refractivity contribution < 1.29 is 23.9 Å². The van der Waals surface area contributed by atoms with Crippen molar-refractivity contribution in [2.75, 3.05) is 24.6 Å². The van der Waals surface area contributed by atoms with Gasteiger partial charge in [0.05, 0.1) is 18.3 Å². The number of aromatic nitrogens is 3. The van der Waals surface area contributed by atoms with Crippen LogP contribution in [-0.4, -0.2) is 64.5 Å². The first-order valence-electron chi connectivity index (χ1n) is 11.2. The predicted octanol–water partition coefficient (Wildman–Crippen LogP) is 2.39. The number of aromatic amines is 1. The first-order chi connectivity index (χ1) is 16.6. The number of carbonyl (C=O) groups excluding carboxylic acids is 3. The van der Waals surface area contributed by atoms with E-state index >= 15 is 0 Å². The van der Waals surface area contributed by atoms with E-state index in [9.17, 15) is 14.4 Å². The number of benzene rings is 1. The van der Waals surface area contributed by atoms with Crippen molar-refractivity contribution in [3.8, 4) is 0 Å². The van der Waals surface area contributed by atoms with Crippen LogP contribution in [0.4, 0.5) is 10.6 Å². The van der Waals surface area contributed by atoms with Crippen molar-refractivity contribution in [2.45, 2.75) is 38.8 Å². The van der Waals surface area contributed by atoms with Crippen LogP contribution in [0.2, 0.25) is 0 Å². The number of carbonyl (C=O) groups is 3. The maximum absolute atomic E-state index is 12.6. The number of esters is 1. The van der Waals surface area contributed by atoms with Crippen LogP contribution < -0.4 is 16.0 Å². The third-order valence-corrected chi connectivity index (χ3v) is 4.80. The zero-order valence-corrected chi connectivity index (χ0v) is 20.0. The summed E-state index contributed by atoms with van der Waals surface area (Å²) in [5, 5.41) is 10.2. The summed E-state index contributed by atoms with van der Waals surface area (Å²) < 4.78 is 10.7. The molecule has 0 spiro atoms. The molecule has 0 fully saturated rings. The number of fused-ring (bicyclic) bond motifs is 1. The van der Waals surface area contributed by atoms with Gasteiger partial charge in [0.15, 0.2) is 0 Å². The Bertz CT molecular complexity index is 1160. The fraction of sp³-hybridized carbons (Fsp3) is 0.375. The van der Waals surface area contributed by atoms with Crippen molar-refractivity contribution >= 4 is 34.7 Å². The molecule has 1 atom stereocenters. The van der Waals surface area contributed by atoms with Crippen molar-refractivity contribution in [1.29, 1.82) is 0 Å². The molecule has 2 aromatic heterocycles. The summed E-state index contributed by atoms with van der Waals surface area (Å²) in [7, 11) is 0. The predicted molar refractivity (Wildman–Crippen MR) is 130 cm³/mol. The largest absolute Gasteiger partial charge is 0.464 e. The van der Waals surface area contributed by atoms with E-state index in [0.29, 0.717) is 17.8 Å². The number of anilines is 1. The van der Waals surface area contributed by atoms with E-state index in [2.05, 4.69) is 20.5 Å². The summed E-state index contributed by atoms with van der Waals surface area (Å²) in [5.74, 6) is -0.585. The van der Waals surface area contributed by atoms with Crippen LogP contribution in [0.15, 0.2) is 48.8 Å². The Morgan fingerprint density at radius 3 is 2.71 bits per heavy atom. The summed E-state index contributed by atoms with van der Waals surface area (Å²) in [4.78, 5) is 42.8. The number of nitrogens with two attached hydrogens (primary N) is 1. The smallest absolute Gasteiger partial charge is 0.416 e. The average molecular weight is 483 g/mol. The number of nitrogens with zero attached hydrogens (tertiary/aromatic N) is 3. The van der Waals surface area contributed by atoms with Crippen LogP contribution in [0.5, 0.6) is 0 Å². The van der Waals surface area contributed by atoms with E-state index in [1.165, 1.54) is 4.90 Å². The number of nitrogens with one attached hydrogen (secondary N) is 2. The number of amides is 2. The summed E-state index contributed by atoms with van der Waals surface area (Å²) in [6, 6.07) is 9.26. The zero-order chi connectivity index (χ0) is 25.4. The molecule has 0 bridgehead atoms. The quantitative estimate of drug-likeness (QED) is 0.310. The van der Waals surface area contributed by atoms with E-state index in [1.807, 2.05) is 0 Å². The van der Waals surface area contributed by atoms with Gasteiger partial charge in [-0.1, -0.05) is 6.07 Å². The van der Waals surface area contributed by atoms with E-state index in [0.717, 1.165) is 10.9 Å². The normalized spacial score (nSPS) is 12.1. The average Bonchev–Trinajstić information content (AvgIpc) is 3.29. The summed E-state index contributed by atoms with van der Waals surface area (Å²) in [6.07, 6.45) is 2.99. The third kappa shape index (κ3) is 7.51. The van der Waals surface area contributed by atoms with Gasteiger partial charge < -0.3 is 20.5 Å². The van der Waals surface area contributed by atoms with Gasteiger partial charge in [-0.15, -0.1) is 0 Å². The first-order valence-corrected chi connectivity index (χ1v) is 11.2. The molecular formula is C24H30N6O5. The second-order valence-electron chi connectivity index (χ2n) is 8.83. The van der Waals surface area contributed by atoms with Gasteiger partial charge in [0.25, 0.3) is 5.91 Å². The fourth-order valence-electron chi connectivity index (χ4n) is 3.10. The second kappa shape index (κ2) is 11.4. The summed E-state index contributed by atoms with van der Waals surface area (Å²) in [6.45, 7) is 5.50. The highest BCUT2D eigenvalue weighted by Gasteiger charge is 2.24. The zero-order valence-electron chi connectivity index (χ0n) is 20.0. The van der Waals surface area contributed by atoms with Gasteiger partial charge in [-0.3, -0.25) is 19.6 Å². The van der Waals surface area contributed by atoms with Crippen LogP contribution >= 0.6 is 0 Å². The van der Waals surface area contributed by atoms with Crippen molar-refractivity contribution in [2.24, 2.45) is 5.73 Å². The third-order valence-electron chi connectivity index (χ3n) is 4.80. The topological polar surface area (TPSA) is 153 Å². The molecule has 35 heavy (non-hydrogen) atoms. The molecule has 11 nitrogen and oxygen atoms in total. The van der Waals surface area contributed by atoms with Gasteiger partial charge in [-0.05, 0) is 57.5 Å². The highest BCUT2D eigenvalue weighted by Crippen LogP contribution is 2.16. The summed E-state index contributed by atoms with van der Waals surface area (Å²) >= 11 is 0. The van der Waals surface area contributed by atoms with Crippen LogP contribution in [0.1, 0.15) is 37.6 Å². The van der Waals surface area contributed by atoms with Gasteiger partial charge in [0.1, 0.15) is 17.5 Å². The lowest BCUT2D eigenvalue weighted by Crippen LogP contribution is -2.43. The number of hydrogen-bond donors (Lipinski definition) is 3. The van der Waals surface area contributed by atoms with Gasteiger partial charge in [0, 0.05) is 30.2 Å². The van der Waals surface area contributed by atoms with Crippen molar-refractivity contribution in [3.05, 3.63) is 54.4 Å². The Kier molecular flexibility index (Phi) is 8.37. The minimum Gasteiger partial charge on any atom is -0.464 e. The van der Waals surface area contributed by atoms with E-state index in [4.69, 9.17) is 15.2 Å². The van der Waals surface area contributed by atoms with E-state index in [-0.39, 0.29) is 25.6 Å². The molecule has 0 radical (unpaired) electrons. The van der Waals surface area contributed by atoms with Crippen LogP contribution in [0, 0.1) is 0 Å². The molecule has 0 aliphatic carbocycles. The minimum atomic E-state index is -1.03. The molecule has 3 aromatic rings. The maximum Gasteiger partial charge on any atom is 0.416 e. The highest BCUT2D eigenvalue weighted by molar-refractivity contribution is 5.98. The fourth-order valence-corrected chi connectivity index (χ4v) is 3.10. The molecule has 0 aliphatic rings. The number of hydrogen-bond acceptors (Lipinski definition) is 8. The molecular weight excluding hydrogens is 452 g/mol. The number of rotatable bonds is 9. The Labute approximate surface area is 203 Å². The molecule has 4 N–H and O–H groups in total. The molecule has 11 heteroatoms. The molecule has 3 rings (SSSR count). The Morgan fingerprint density at radius 1 is 1.20 bits per heavy atom. The second-order valence-corrected chi connectivity index (χ2v) is 8.83. The SMILES string of the molecule is CC(C)(C)OC(=O)N(CCCOC(=O)[C@@H](N)CNC(=O)c1ccc2[nH]ncc2c1)c1ccccn1. The standard InChI is InChI=1S/C24H30N6O5/c1-24(2,3)35-23(33)30(20-7-4-5-10-26-20)11-6-12-34-22(32)18(25)15-27-21(31)16-8-9-19-17(13-16)14-28-29-19/h4-5,7-10,13-14,18H,6,11-12,15,25H2,1-3H3,(H,27,31)(H,28,29)/t18-/m0/s1. The van der Waals surface area contributed by atoms with Gasteiger partial charge in [-0.2, -0.15) is 5.10 Å². The van der Waals surface area contributed by atoms with Crippen LogP contribution in [-0.2, 0) is 14.3 Å². The lowest BCUT2D eigenvalue weighted by Gasteiger charge is -2.26. The Balaban J connectivity index is 1.45. The monoisotopic (exact) mass is 482 g/mol. The Hall–Kier alpha value is -3.99. The van der Waals surface area contributed by atoms with Crippen LogP contribution in [0.25, 0.3) is 10.9 Å². The molecule has 0 saturated heterocycles. The lowest BCUT2D eigenvalue weighted by atomic mass is 10.1. The van der Waals surface area contributed by atoms with E-state index < -0.39 is 23.7 Å². The lowest BCUT2D eigenvalue weighted by molar-refractivity contribution is -0.145. The highest BCUT2D eigenvalue weighted by atomic mass is 16.6. The molecule has 0 saturated carbocycles. The number of H-pyrrole nitrogens is 1. The Morgan fingerprint density at radius 2 is 2.00 bits per heavy atom. The van der Waals surface area contributed by atoms with Crippen LogP contribution in [0.3, 0.4) is 0 Å². The van der Waals surface area contributed by atoms with Crippen molar-refractivity contribution in [3.63, 3.8) is 0 Å². The molecule has 2 amide bonds. The molecule has 0 unspecified atom stereocenters. The molecule has 2 heterocycles. The van der Waals surface area contributed by atoms with Gasteiger partial charge in [0.2, 0.25) is 0 Å². The maximum atomic E-state index is 12.6. The van der Waals surface area contributed by atoms with Gasteiger partial charge in [-0.25, -0.2) is 9.78 Å². The van der Waals surface area contributed by atoms with Crippen molar-refractivity contribution in [1.82, 2.24) is 20.5 Å². The number of ether oxygens (including phenoxy) is 2. The van der Waals surface area contributed by atoms with Gasteiger partial charge >= 0.3 is 12.1 Å². The molecule has 0 aliphatic heterocycles. The minimum absolute atomic E-state index is 0.0315. The summed E-state index contributed by atoms with van der Waals surface area (Å²) in [5.41, 5.74) is 6.44. The number of pyridine rings is 1. The molecule has 186 valence electrons.